The molecule has 5 nitrogen and oxygen atoms in total. The highest BCUT2D eigenvalue weighted by Crippen LogP contribution is 2.46. The average Bonchev–Trinajstić information content (AvgIpc) is 3.07. The molecule has 3 rings (SSSR count). The third-order valence-corrected chi connectivity index (χ3v) is 5.48. The highest BCUT2D eigenvalue weighted by atomic mass is 16.5. The standard InChI is InChI=1S/C20H26N2O3/c1-22-17-4-3-12-20(17,13-11-19(22)24)14-21-18(23)10-7-15-5-8-16(25-2)9-6-15/h4-6,8-9H,3,7,10-14H2,1-2H3,(H,21,23). The molecule has 1 N–H and O–H groups in total. The zero-order chi connectivity index (χ0) is 17.9. The number of methoxy groups -OCH3 is 1. The van der Waals surface area contributed by atoms with Gasteiger partial charge in [0.15, 0.2) is 0 Å². The molecule has 2 amide bonds. The number of nitrogens with one attached hydrogen (secondary N) is 1. The smallest absolute Gasteiger partial charge is 0.226 e. The summed E-state index contributed by atoms with van der Waals surface area (Å²) in [7, 11) is 3.49. The summed E-state index contributed by atoms with van der Waals surface area (Å²) in [4.78, 5) is 26.0. The second-order valence-electron chi connectivity index (χ2n) is 6.99. The molecule has 0 aromatic heterocycles. The lowest BCUT2D eigenvalue weighted by Gasteiger charge is -2.41. The van der Waals surface area contributed by atoms with Crippen molar-refractivity contribution < 1.29 is 14.3 Å². The first-order valence-electron chi connectivity index (χ1n) is 8.91. The minimum Gasteiger partial charge on any atom is -0.497 e. The summed E-state index contributed by atoms with van der Waals surface area (Å²) < 4.78 is 5.14. The lowest BCUT2D eigenvalue weighted by atomic mass is 9.77. The van der Waals surface area contributed by atoms with E-state index in [4.69, 9.17) is 4.74 Å². The van der Waals surface area contributed by atoms with Crippen molar-refractivity contribution >= 4 is 11.8 Å². The van der Waals surface area contributed by atoms with Crippen LogP contribution in [0.3, 0.4) is 0 Å². The van der Waals surface area contributed by atoms with Crippen LogP contribution in [0.5, 0.6) is 5.75 Å². The molecule has 1 aliphatic carbocycles. The predicted molar refractivity (Wildman–Crippen MR) is 96.1 cm³/mol. The minimum atomic E-state index is -0.0571. The first kappa shape index (κ1) is 17.5. The Labute approximate surface area is 149 Å². The molecular weight excluding hydrogens is 316 g/mol. The van der Waals surface area contributed by atoms with Crippen LogP contribution in [0, 0.1) is 5.41 Å². The Kier molecular flexibility index (Phi) is 5.11. The van der Waals surface area contributed by atoms with E-state index in [2.05, 4.69) is 11.4 Å². The molecule has 5 heteroatoms. The van der Waals surface area contributed by atoms with Gasteiger partial charge in [0.05, 0.1) is 7.11 Å². The normalized spacial score (nSPS) is 22.4. The van der Waals surface area contributed by atoms with E-state index in [9.17, 15) is 9.59 Å². The summed E-state index contributed by atoms with van der Waals surface area (Å²) in [6, 6.07) is 7.81. The van der Waals surface area contributed by atoms with Crippen molar-refractivity contribution in [2.24, 2.45) is 5.41 Å². The molecular formula is C20H26N2O3. The van der Waals surface area contributed by atoms with Gasteiger partial charge in [-0.15, -0.1) is 0 Å². The number of benzene rings is 1. The lowest BCUT2D eigenvalue weighted by Crippen LogP contribution is -2.46. The molecule has 0 spiro atoms. The van der Waals surface area contributed by atoms with Gasteiger partial charge < -0.3 is 15.0 Å². The lowest BCUT2D eigenvalue weighted by molar-refractivity contribution is -0.132. The molecule has 1 fully saturated rings. The number of amides is 2. The highest BCUT2D eigenvalue weighted by Gasteiger charge is 2.44. The van der Waals surface area contributed by atoms with Crippen molar-refractivity contribution in [2.45, 2.75) is 38.5 Å². The summed E-state index contributed by atoms with van der Waals surface area (Å²) in [6.45, 7) is 0.623. The molecule has 1 heterocycles. The number of hydrogen-bond acceptors (Lipinski definition) is 3. The maximum absolute atomic E-state index is 12.3. The number of rotatable bonds is 6. The van der Waals surface area contributed by atoms with Crippen LogP contribution in [-0.4, -0.2) is 37.4 Å². The fraction of sp³-hybridized carbons (Fsp3) is 0.500. The first-order valence-corrected chi connectivity index (χ1v) is 8.91. The van der Waals surface area contributed by atoms with Crippen LogP contribution in [0.1, 0.15) is 37.7 Å². The van der Waals surface area contributed by atoms with Crippen molar-refractivity contribution in [3.05, 3.63) is 41.6 Å². The molecule has 1 aromatic carbocycles. The summed E-state index contributed by atoms with van der Waals surface area (Å²) in [5, 5.41) is 3.10. The van der Waals surface area contributed by atoms with Crippen molar-refractivity contribution in [3.63, 3.8) is 0 Å². The van der Waals surface area contributed by atoms with Gasteiger partial charge in [-0.05, 0) is 43.4 Å². The van der Waals surface area contributed by atoms with E-state index >= 15 is 0 Å². The predicted octanol–water partition coefficient (Wildman–Crippen LogP) is 2.66. The molecule has 2 aliphatic rings. The van der Waals surface area contributed by atoms with Gasteiger partial charge >= 0.3 is 0 Å². The van der Waals surface area contributed by atoms with Gasteiger partial charge in [0, 0.05) is 37.5 Å². The van der Waals surface area contributed by atoms with E-state index in [1.54, 1.807) is 12.0 Å². The second kappa shape index (κ2) is 7.30. The number of fused-ring (bicyclic) bond motifs is 1. The Hall–Kier alpha value is -2.30. The molecule has 1 atom stereocenters. The van der Waals surface area contributed by atoms with Crippen molar-refractivity contribution in [1.82, 2.24) is 10.2 Å². The third kappa shape index (κ3) is 3.70. The summed E-state index contributed by atoms with van der Waals surface area (Å²) in [5.41, 5.74) is 2.16. The van der Waals surface area contributed by atoms with Gasteiger partial charge in [-0.3, -0.25) is 9.59 Å². The number of carbonyl (C=O) groups excluding carboxylic acids is 2. The van der Waals surface area contributed by atoms with Crippen LogP contribution in [0.25, 0.3) is 0 Å². The van der Waals surface area contributed by atoms with E-state index in [0.29, 0.717) is 25.8 Å². The largest absolute Gasteiger partial charge is 0.497 e. The van der Waals surface area contributed by atoms with Gasteiger partial charge in [-0.1, -0.05) is 18.2 Å². The quantitative estimate of drug-likeness (QED) is 0.865. The van der Waals surface area contributed by atoms with E-state index in [-0.39, 0.29) is 17.2 Å². The van der Waals surface area contributed by atoms with Crippen molar-refractivity contribution in [3.8, 4) is 5.75 Å². The number of allylic oxidation sites excluding steroid dienone is 1. The average molecular weight is 342 g/mol. The highest BCUT2D eigenvalue weighted by molar-refractivity contribution is 5.80. The number of aryl methyl sites for hydroxylation is 1. The van der Waals surface area contributed by atoms with Gasteiger partial charge in [-0.2, -0.15) is 0 Å². The maximum Gasteiger partial charge on any atom is 0.226 e. The Balaban J connectivity index is 1.51. The number of nitrogens with zero attached hydrogens (tertiary/aromatic N) is 1. The van der Waals surface area contributed by atoms with E-state index < -0.39 is 0 Å². The minimum absolute atomic E-state index is 0.0571. The fourth-order valence-corrected chi connectivity index (χ4v) is 3.90. The van der Waals surface area contributed by atoms with Crippen molar-refractivity contribution in [2.75, 3.05) is 20.7 Å². The third-order valence-electron chi connectivity index (χ3n) is 5.48. The molecule has 1 aromatic rings. The topological polar surface area (TPSA) is 58.6 Å². The number of carbonyl (C=O) groups is 2. The number of likely N-dealkylation sites (tertiary alicyclic amines) is 1. The van der Waals surface area contributed by atoms with Gasteiger partial charge in [0.25, 0.3) is 0 Å². The molecule has 134 valence electrons. The molecule has 0 saturated carbocycles. The summed E-state index contributed by atoms with van der Waals surface area (Å²) in [6.07, 6.45) is 6.73. The van der Waals surface area contributed by atoms with Gasteiger partial charge in [-0.25, -0.2) is 0 Å². The van der Waals surface area contributed by atoms with Crippen LogP contribution in [0.2, 0.25) is 0 Å². The number of hydrogen-bond donors (Lipinski definition) is 1. The molecule has 1 aliphatic heterocycles. The Bertz CT molecular complexity index is 681. The zero-order valence-corrected chi connectivity index (χ0v) is 15.0. The van der Waals surface area contributed by atoms with Crippen LogP contribution in [-0.2, 0) is 16.0 Å². The van der Waals surface area contributed by atoms with Gasteiger partial charge in [0.2, 0.25) is 11.8 Å². The van der Waals surface area contributed by atoms with Crippen LogP contribution in [0.4, 0.5) is 0 Å². The SMILES string of the molecule is COc1ccc(CCC(=O)NCC23CCC=C2N(C)C(=O)CC3)cc1. The molecule has 0 radical (unpaired) electrons. The molecule has 25 heavy (non-hydrogen) atoms. The zero-order valence-electron chi connectivity index (χ0n) is 15.0. The van der Waals surface area contributed by atoms with Crippen LogP contribution < -0.4 is 10.1 Å². The summed E-state index contributed by atoms with van der Waals surface area (Å²) in [5.74, 6) is 1.06. The monoisotopic (exact) mass is 342 g/mol. The fourth-order valence-electron chi connectivity index (χ4n) is 3.90. The van der Waals surface area contributed by atoms with E-state index in [0.717, 1.165) is 36.3 Å². The van der Waals surface area contributed by atoms with Crippen LogP contribution in [0.15, 0.2) is 36.0 Å². The first-order chi connectivity index (χ1) is 12.0. The Morgan fingerprint density at radius 1 is 1.28 bits per heavy atom. The second-order valence-corrected chi connectivity index (χ2v) is 6.99. The van der Waals surface area contributed by atoms with E-state index in [1.165, 1.54) is 0 Å². The summed E-state index contributed by atoms with van der Waals surface area (Å²) >= 11 is 0. The molecule has 1 saturated heterocycles. The number of ether oxygens (including phenoxy) is 1. The van der Waals surface area contributed by atoms with E-state index in [1.807, 2.05) is 31.3 Å². The Morgan fingerprint density at radius 2 is 2.04 bits per heavy atom. The molecule has 1 unspecified atom stereocenters. The Morgan fingerprint density at radius 3 is 2.76 bits per heavy atom. The maximum atomic E-state index is 12.3. The van der Waals surface area contributed by atoms with Crippen LogP contribution >= 0.6 is 0 Å². The molecule has 0 bridgehead atoms. The van der Waals surface area contributed by atoms with Gasteiger partial charge in [0.1, 0.15) is 5.75 Å². The van der Waals surface area contributed by atoms with Crippen molar-refractivity contribution in [1.29, 1.82) is 0 Å². The number of piperidine rings is 1.